The first-order valence-corrected chi connectivity index (χ1v) is 4.96. The van der Waals surface area contributed by atoms with Crippen molar-refractivity contribution in [1.29, 1.82) is 0 Å². The molecule has 0 saturated heterocycles. The van der Waals surface area contributed by atoms with Gasteiger partial charge in [0.15, 0.2) is 0 Å². The minimum Gasteiger partial charge on any atom is -0.428 e. The molecule has 0 bridgehead atoms. The molecular formula is C10H15NO4. The van der Waals surface area contributed by atoms with Crippen LogP contribution in [0.25, 0.3) is 0 Å². The predicted molar refractivity (Wildman–Crippen MR) is 52.9 cm³/mol. The summed E-state index contributed by atoms with van der Waals surface area (Å²) < 4.78 is 9.40. The number of esters is 2. The molecule has 1 N–H and O–H groups in total. The van der Waals surface area contributed by atoms with Crippen molar-refractivity contribution < 1.29 is 19.1 Å². The fraction of sp³-hybridized carbons (Fsp3) is 0.600. The van der Waals surface area contributed by atoms with Crippen molar-refractivity contribution in [2.24, 2.45) is 0 Å². The standard InChI is InChI=1S/C10H15NO4/c1-2-9(12)14-7-15-10(13)8-3-5-11-6-4-8/h3,11H,2,4-7H2,1H3. The highest BCUT2D eigenvalue weighted by atomic mass is 16.7. The zero-order valence-corrected chi connectivity index (χ0v) is 8.75. The van der Waals surface area contributed by atoms with Crippen LogP contribution in [0.3, 0.4) is 0 Å². The SMILES string of the molecule is CCC(=O)OCOC(=O)C1=CCNCC1. The lowest BCUT2D eigenvalue weighted by Crippen LogP contribution is -2.24. The molecule has 0 fully saturated rings. The second-order valence-corrected chi connectivity index (χ2v) is 3.10. The molecule has 84 valence electrons. The topological polar surface area (TPSA) is 64.6 Å². The van der Waals surface area contributed by atoms with Crippen molar-refractivity contribution in [3.63, 3.8) is 0 Å². The van der Waals surface area contributed by atoms with Gasteiger partial charge in [-0.3, -0.25) is 4.79 Å². The van der Waals surface area contributed by atoms with Crippen LogP contribution in [0.1, 0.15) is 19.8 Å². The van der Waals surface area contributed by atoms with Crippen LogP contribution in [0.2, 0.25) is 0 Å². The molecule has 15 heavy (non-hydrogen) atoms. The Balaban J connectivity index is 2.23. The quantitative estimate of drug-likeness (QED) is 0.539. The molecular weight excluding hydrogens is 198 g/mol. The lowest BCUT2D eigenvalue weighted by molar-refractivity contribution is -0.164. The van der Waals surface area contributed by atoms with Crippen molar-refractivity contribution in [2.75, 3.05) is 19.9 Å². The largest absolute Gasteiger partial charge is 0.428 e. The van der Waals surface area contributed by atoms with E-state index in [1.54, 1.807) is 13.0 Å². The van der Waals surface area contributed by atoms with E-state index in [2.05, 4.69) is 10.1 Å². The van der Waals surface area contributed by atoms with Crippen LogP contribution in [0.15, 0.2) is 11.6 Å². The van der Waals surface area contributed by atoms with Crippen LogP contribution in [0, 0.1) is 0 Å². The number of rotatable bonds is 4. The molecule has 0 atom stereocenters. The second-order valence-electron chi connectivity index (χ2n) is 3.10. The third-order valence-electron chi connectivity index (χ3n) is 2.02. The summed E-state index contributed by atoms with van der Waals surface area (Å²) in [5.41, 5.74) is 0.640. The molecule has 5 heteroatoms. The lowest BCUT2D eigenvalue weighted by Gasteiger charge is -2.12. The third kappa shape index (κ3) is 4.12. The molecule has 0 aliphatic carbocycles. The minimum atomic E-state index is -0.402. The summed E-state index contributed by atoms with van der Waals surface area (Å²) >= 11 is 0. The van der Waals surface area contributed by atoms with Crippen LogP contribution in [0.4, 0.5) is 0 Å². The Labute approximate surface area is 88.4 Å². The van der Waals surface area contributed by atoms with Crippen molar-refractivity contribution >= 4 is 11.9 Å². The molecule has 1 rings (SSSR count). The van der Waals surface area contributed by atoms with Gasteiger partial charge in [-0.2, -0.15) is 0 Å². The maximum absolute atomic E-state index is 11.4. The zero-order valence-electron chi connectivity index (χ0n) is 8.75. The predicted octanol–water partition coefficient (Wildman–Crippen LogP) is 0.360. The first kappa shape index (κ1) is 11.7. The zero-order chi connectivity index (χ0) is 11.1. The number of hydrogen-bond donors (Lipinski definition) is 1. The number of hydrogen-bond acceptors (Lipinski definition) is 5. The number of ether oxygens (including phenoxy) is 2. The average Bonchev–Trinajstić information content (AvgIpc) is 2.29. The summed E-state index contributed by atoms with van der Waals surface area (Å²) in [5, 5.41) is 3.08. The Kier molecular flexibility index (Phi) is 4.83. The van der Waals surface area contributed by atoms with Crippen LogP contribution < -0.4 is 5.32 Å². The number of carbonyl (C=O) groups excluding carboxylic acids is 2. The van der Waals surface area contributed by atoms with Gasteiger partial charge in [0.1, 0.15) is 0 Å². The monoisotopic (exact) mass is 213 g/mol. The minimum absolute atomic E-state index is 0.282. The van der Waals surface area contributed by atoms with Gasteiger partial charge in [-0.05, 0) is 13.0 Å². The van der Waals surface area contributed by atoms with Gasteiger partial charge >= 0.3 is 11.9 Å². The van der Waals surface area contributed by atoms with Crippen molar-refractivity contribution in [2.45, 2.75) is 19.8 Å². The fourth-order valence-corrected chi connectivity index (χ4v) is 1.15. The van der Waals surface area contributed by atoms with Gasteiger partial charge in [0.25, 0.3) is 0 Å². The van der Waals surface area contributed by atoms with Gasteiger partial charge in [0.05, 0.1) is 0 Å². The summed E-state index contributed by atoms with van der Waals surface area (Å²) in [6, 6.07) is 0. The molecule has 0 radical (unpaired) electrons. The Bertz CT molecular complexity index is 273. The molecule has 1 aliphatic heterocycles. The van der Waals surface area contributed by atoms with Crippen LogP contribution in [0.5, 0.6) is 0 Å². The van der Waals surface area contributed by atoms with Crippen molar-refractivity contribution in [3.8, 4) is 0 Å². The fourth-order valence-electron chi connectivity index (χ4n) is 1.15. The molecule has 0 saturated carbocycles. The van der Waals surface area contributed by atoms with Crippen molar-refractivity contribution in [1.82, 2.24) is 5.32 Å². The number of carbonyl (C=O) groups is 2. The van der Waals surface area contributed by atoms with Crippen LogP contribution >= 0.6 is 0 Å². The van der Waals surface area contributed by atoms with Gasteiger partial charge in [-0.1, -0.05) is 13.0 Å². The van der Waals surface area contributed by atoms with Crippen LogP contribution in [-0.2, 0) is 19.1 Å². The average molecular weight is 213 g/mol. The molecule has 0 amide bonds. The van der Waals surface area contributed by atoms with E-state index in [0.29, 0.717) is 18.5 Å². The van der Waals surface area contributed by atoms with E-state index in [9.17, 15) is 9.59 Å². The normalized spacial score (nSPS) is 15.4. The van der Waals surface area contributed by atoms with Gasteiger partial charge in [-0.15, -0.1) is 0 Å². The molecule has 0 aromatic rings. The molecule has 0 aromatic carbocycles. The van der Waals surface area contributed by atoms with E-state index < -0.39 is 5.97 Å². The Morgan fingerprint density at radius 2 is 2.27 bits per heavy atom. The maximum atomic E-state index is 11.4. The summed E-state index contributed by atoms with van der Waals surface area (Å²) in [7, 11) is 0. The van der Waals surface area contributed by atoms with E-state index in [0.717, 1.165) is 6.54 Å². The molecule has 0 unspecified atom stereocenters. The molecule has 0 aromatic heterocycles. The van der Waals surface area contributed by atoms with E-state index >= 15 is 0 Å². The van der Waals surface area contributed by atoms with E-state index in [-0.39, 0.29) is 19.2 Å². The Morgan fingerprint density at radius 3 is 2.87 bits per heavy atom. The van der Waals surface area contributed by atoms with Crippen LogP contribution in [-0.4, -0.2) is 31.8 Å². The summed E-state index contributed by atoms with van der Waals surface area (Å²) in [4.78, 5) is 22.1. The summed E-state index contributed by atoms with van der Waals surface area (Å²) in [6.07, 6.45) is 2.72. The maximum Gasteiger partial charge on any atom is 0.336 e. The van der Waals surface area contributed by atoms with Gasteiger partial charge < -0.3 is 14.8 Å². The van der Waals surface area contributed by atoms with Gasteiger partial charge in [0, 0.05) is 18.5 Å². The van der Waals surface area contributed by atoms with E-state index in [4.69, 9.17) is 4.74 Å². The highest BCUT2D eigenvalue weighted by molar-refractivity contribution is 5.88. The lowest BCUT2D eigenvalue weighted by atomic mass is 10.1. The second kappa shape index (κ2) is 6.19. The first-order chi connectivity index (χ1) is 7.24. The molecule has 5 nitrogen and oxygen atoms in total. The molecule has 1 aliphatic rings. The Hall–Kier alpha value is -1.36. The smallest absolute Gasteiger partial charge is 0.336 e. The Morgan fingerprint density at radius 1 is 1.47 bits per heavy atom. The van der Waals surface area contributed by atoms with E-state index in [1.165, 1.54) is 0 Å². The third-order valence-corrected chi connectivity index (χ3v) is 2.02. The first-order valence-electron chi connectivity index (χ1n) is 4.96. The van der Waals surface area contributed by atoms with E-state index in [1.807, 2.05) is 0 Å². The highest BCUT2D eigenvalue weighted by Gasteiger charge is 2.13. The van der Waals surface area contributed by atoms with Crippen molar-refractivity contribution in [3.05, 3.63) is 11.6 Å². The molecule has 1 heterocycles. The summed E-state index contributed by atoms with van der Waals surface area (Å²) in [6.45, 7) is 2.84. The van der Waals surface area contributed by atoms with Gasteiger partial charge in [-0.25, -0.2) is 4.79 Å². The summed E-state index contributed by atoms with van der Waals surface area (Å²) in [5.74, 6) is -0.775. The highest BCUT2D eigenvalue weighted by Crippen LogP contribution is 2.06. The molecule has 0 spiro atoms. The van der Waals surface area contributed by atoms with Gasteiger partial charge in [0.2, 0.25) is 6.79 Å². The number of nitrogens with one attached hydrogen (secondary N) is 1.